The van der Waals surface area contributed by atoms with E-state index in [0.717, 1.165) is 5.56 Å². The Bertz CT molecular complexity index is 773. The summed E-state index contributed by atoms with van der Waals surface area (Å²) in [7, 11) is 0. The summed E-state index contributed by atoms with van der Waals surface area (Å²) in [5.74, 6) is -0.514. The van der Waals surface area contributed by atoms with Gasteiger partial charge in [0.2, 0.25) is 0 Å². The second-order valence-electron chi connectivity index (χ2n) is 5.51. The average Bonchev–Trinajstić information content (AvgIpc) is 2.66. The highest BCUT2D eigenvalue weighted by Gasteiger charge is 2.41. The van der Waals surface area contributed by atoms with Crippen molar-refractivity contribution >= 4 is 12.0 Å². The number of esters is 1. The fourth-order valence-electron chi connectivity index (χ4n) is 2.51. The molecule has 0 saturated heterocycles. The molecule has 0 bridgehead atoms. The van der Waals surface area contributed by atoms with Crippen LogP contribution in [-0.2, 0) is 14.9 Å². The van der Waals surface area contributed by atoms with Crippen molar-refractivity contribution in [3.05, 3.63) is 90.0 Å². The van der Waals surface area contributed by atoms with Crippen LogP contribution in [0.1, 0.15) is 24.5 Å². The maximum Gasteiger partial charge on any atom is 0.331 e. The Morgan fingerprint density at radius 2 is 1.72 bits per heavy atom. The molecular formula is C22H21NO2. The molecule has 0 fully saturated rings. The first-order valence-corrected chi connectivity index (χ1v) is 8.25. The fraction of sp³-hybridized carbons (Fsp3) is 0.182. The predicted octanol–water partition coefficient (Wildman–Crippen LogP) is 4.67. The van der Waals surface area contributed by atoms with Gasteiger partial charge in [-0.2, -0.15) is 5.26 Å². The minimum atomic E-state index is -1.33. The molecule has 0 radical (unpaired) electrons. The molecular weight excluding hydrogens is 310 g/mol. The SMILES string of the molecule is CCOC(=O)[C@](C#N)(C/C=C/C=C/c1ccccc1)c1ccccc1. The number of carbonyl (C=O) groups is 1. The summed E-state index contributed by atoms with van der Waals surface area (Å²) >= 11 is 0. The normalized spacial score (nSPS) is 13.4. The quantitative estimate of drug-likeness (QED) is 0.547. The molecule has 0 aromatic heterocycles. The van der Waals surface area contributed by atoms with Gasteiger partial charge in [-0.25, -0.2) is 4.79 Å². The lowest BCUT2D eigenvalue weighted by Gasteiger charge is -2.23. The van der Waals surface area contributed by atoms with Crippen molar-refractivity contribution in [1.29, 1.82) is 5.26 Å². The monoisotopic (exact) mass is 331 g/mol. The Labute approximate surface area is 148 Å². The van der Waals surface area contributed by atoms with Gasteiger partial charge in [0.15, 0.2) is 5.41 Å². The second-order valence-corrected chi connectivity index (χ2v) is 5.51. The Morgan fingerprint density at radius 3 is 2.32 bits per heavy atom. The van der Waals surface area contributed by atoms with E-state index in [1.54, 1.807) is 19.1 Å². The van der Waals surface area contributed by atoms with Gasteiger partial charge in [0.1, 0.15) is 0 Å². The summed E-state index contributed by atoms with van der Waals surface area (Å²) in [6.45, 7) is 1.98. The summed E-state index contributed by atoms with van der Waals surface area (Å²) in [6, 6.07) is 21.2. The minimum Gasteiger partial charge on any atom is -0.465 e. The topological polar surface area (TPSA) is 50.1 Å². The molecule has 2 aromatic rings. The van der Waals surface area contributed by atoms with E-state index in [-0.39, 0.29) is 13.0 Å². The van der Waals surface area contributed by atoms with Crippen molar-refractivity contribution in [2.45, 2.75) is 18.8 Å². The largest absolute Gasteiger partial charge is 0.465 e. The lowest BCUT2D eigenvalue weighted by Crippen LogP contribution is -2.35. The number of nitrogens with zero attached hydrogens (tertiary/aromatic N) is 1. The summed E-state index contributed by atoms with van der Waals surface area (Å²) in [5, 5.41) is 9.76. The number of ether oxygens (including phenoxy) is 1. The molecule has 2 rings (SSSR count). The zero-order valence-electron chi connectivity index (χ0n) is 14.3. The van der Waals surface area contributed by atoms with Gasteiger partial charge in [-0.15, -0.1) is 0 Å². The molecule has 3 heteroatoms. The molecule has 0 N–H and O–H groups in total. The molecule has 2 aromatic carbocycles. The van der Waals surface area contributed by atoms with Crippen LogP contribution < -0.4 is 0 Å². The average molecular weight is 331 g/mol. The molecule has 0 amide bonds. The molecule has 0 aliphatic heterocycles. The van der Waals surface area contributed by atoms with Gasteiger partial charge < -0.3 is 4.74 Å². The number of hydrogen-bond donors (Lipinski definition) is 0. The first kappa shape index (κ1) is 18.2. The van der Waals surface area contributed by atoms with Crippen LogP contribution in [0.25, 0.3) is 6.08 Å². The lowest BCUT2D eigenvalue weighted by atomic mass is 9.79. The number of nitriles is 1. The third-order valence-corrected chi connectivity index (χ3v) is 3.84. The molecule has 0 saturated carbocycles. The molecule has 1 atom stereocenters. The molecule has 25 heavy (non-hydrogen) atoms. The fourth-order valence-corrected chi connectivity index (χ4v) is 2.51. The molecule has 0 spiro atoms. The Hall–Kier alpha value is -3.12. The van der Waals surface area contributed by atoms with Crippen LogP contribution in [-0.4, -0.2) is 12.6 Å². The predicted molar refractivity (Wildman–Crippen MR) is 99.6 cm³/mol. The Morgan fingerprint density at radius 1 is 1.08 bits per heavy atom. The van der Waals surface area contributed by atoms with E-state index in [1.807, 2.05) is 72.8 Å². The summed E-state index contributed by atoms with van der Waals surface area (Å²) in [6.07, 6.45) is 7.80. The first-order valence-electron chi connectivity index (χ1n) is 8.25. The van der Waals surface area contributed by atoms with Gasteiger partial charge in [-0.3, -0.25) is 0 Å². The minimum absolute atomic E-state index is 0.243. The third kappa shape index (κ3) is 4.68. The van der Waals surface area contributed by atoms with Crippen LogP contribution in [0.4, 0.5) is 0 Å². The zero-order valence-corrected chi connectivity index (χ0v) is 14.3. The van der Waals surface area contributed by atoms with Crippen LogP contribution in [0.2, 0.25) is 0 Å². The van der Waals surface area contributed by atoms with Gasteiger partial charge in [0.25, 0.3) is 0 Å². The van der Waals surface area contributed by atoms with E-state index in [9.17, 15) is 10.1 Å². The highest BCUT2D eigenvalue weighted by molar-refractivity contribution is 5.87. The van der Waals surface area contributed by atoms with Gasteiger partial charge in [0, 0.05) is 0 Å². The van der Waals surface area contributed by atoms with Crippen molar-refractivity contribution < 1.29 is 9.53 Å². The number of carbonyl (C=O) groups excluding carboxylic acids is 1. The number of hydrogen-bond acceptors (Lipinski definition) is 3. The van der Waals surface area contributed by atoms with E-state index in [1.165, 1.54) is 0 Å². The standard InChI is InChI=1S/C22H21NO2/c1-2-25-21(24)22(18-23,20-15-9-4-10-16-20)17-11-5-8-14-19-12-6-3-7-13-19/h3-16H,2,17H2,1H3/b11-5+,14-8+/t22-/m0/s1. The van der Waals surface area contributed by atoms with Crippen molar-refractivity contribution in [3.63, 3.8) is 0 Å². The van der Waals surface area contributed by atoms with Crippen molar-refractivity contribution in [3.8, 4) is 6.07 Å². The molecule has 0 aliphatic carbocycles. The van der Waals surface area contributed by atoms with Gasteiger partial charge >= 0.3 is 5.97 Å². The molecule has 0 heterocycles. The van der Waals surface area contributed by atoms with E-state index in [0.29, 0.717) is 5.56 Å². The van der Waals surface area contributed by atoms with Crippen molar-refractivity contribution in [2.24, 2.45) is 0 Å². The summed E-state index contributed by atoms with van der Waals surface area (Å²) in [4.78, 5) is 12.5. The Balaban J connectivity index is 2.19. The highest BCUT2D eigenvalue weighted by atomic mass is 16.5. The number of benzene rings is 2. The summed E-state index contributed by atoms with van der Waals surface area (Å²) in [5.41, 5.74) is 0.411. The van der Waals surface area contributed by atoms with Gasteiger partial charge in [-0.1, -0.05) is 85.0 Å². The molecule has 126 valence electrons. The lowest BCUT2D eigenvalue weighted by molar-refractivity contribution is -0.147. The highest BCUT2D eigenvalue weighted by Crippen LogP contribution is 2.29. The maximum absolute atomic E-state index is 12.5. The van der Waals surface area contributed by atoms with E-state index in [4.69, 9.17) is 4.74 Å². The second kappa shape index (κ2) is 9.24. The third-order valence-electron chi connectivity index (χ3n) is 3.84. The van der Waals surface area contributed by atoms with Crippen molar-refractivity contribution in [1.82, 2.24) is 0 Å². The zero-order chi connectivity index (χ0) is 18.0. The van der Waals surface area contributed by atoms with Crippen LogP contribution in [0.15, 0.2) is 78.9 Å². The first-order chi connectivity index (χ1) is 12.2. The smallest absolute Gasteiger partial charge is 0.331 e. The van der Waals surface area contributed by atoms with Crippen molar-refractivity contribution in [2.75, 3.05) is 6.61 Å². The van der Waals surface area contributed by atoms with Crippen LogP contribution in [0.5, 0.6) is 0 Å². The maximum atomic E-state index is 12.5. The number of allylic oxidation sites excluding steroid dienone is 3. The van der Waals surface area contributed by atoms with E-state index >= 15 is 0 Å². The number of rotatable bonds is 7. The van der Waals surface area contributed by atoms with Crippen LogP contribution in [0.3, 0.4) is 0 Å². The van der Waals surface area contributed by atoms with Crippen LogP contribution >= 0.6 is 0 Å². The summed E-state index contributed by atoms with van der Waals surface area (Å²) < 4.78 is 5.17. The van der Waals surface area contributed by atoms with E-state index < -0.39 is 11.4 Å². The van der Waals surface area contributed by atoms with Gasteiger partial charge in [0.05, 0.1) is 12.7 Å². The Kier molecular flexibility index (Phi) is 6.74. The molecule has 3 nitrogen and oxygen atoms in total. The van der Waals surface area contributed by atoms with Gasteiger partial charge in [-0.05, 0) is 24.5 Å². The molecule has 0 aliphatic rings. The molecule has 0 unspecified atom stereocenters. The van der Waals surface area contributed by atoms with Crippen LogP contribution in [0, 0.1) is 11.3 Å². The van der Waals surface area contributed by atoms with E-state index in [2.05, 4.69) is 6.07 Å².